The number of carbonyl (C=O) groups excluding carboxylic acids is 1. The van der Waals surface area contributed by atoms with E-state index in [0.29, 0.717) is 41.7 Å². The first-order valence-corrected chi connectivity index (χ1v) is 11.9. The largest absolute Gasteiger partial charge is 0.497 e. The van der Waals surface area contributed by atoms with Gasteiger partial charge in [-0.25, -0.2) is 13.8 Å². The number of ether oxygens (including phenoxy) is 3. The van der Waals surface area contributed by atoms with Crippen LogP contribution in [0.1, 0.15) is 5.56 Å². The van der Waals surface area contributed by atoms with Crippen molar-refractivity contribution in [1.29, 1.82) is 0 Å². The van der Waals surface area contributed by atoms with Gasteiger partial charge in [-0.1, -0.05) is 24.3 Å². The summed E-state index contributed by atoms with van der Waals surface area (Å²) < 4.78 is 44.0. The summed E-state index contributed by atoms with van der Waals surface area (Å²) in [6.45, 7) is 0.396. The molecule has 1 aliphatic rings. The number of benzene rings is 3. The third-order valence-electron chi connectivity index (χ3n) is 4.97. The summed E-state index contributed by atoms with van der Waals surface area (Å²) in [6.07, 6.45) is 1.43. The molecular weight excluding hydrogens is 458 g/mol. The van der Waals surface area contributed by atoms with Gasteiger partial charge in [0.2, 0.25) is 0 Å². The van der Waals surface area contributed by atoms with E-state index in [9.17, 15) is 13.2 Å². The van der Waals surface area contributed by atoms with Gasteiger partial charge < -0.3 is 14.2 Å². The molecular formula is C24H23N3O6S. The molecule has 10 heteroatoms. The molecule has 0 unspecified atom stereocenters. The van der Waals surface area contributed by atoms with E-state index in [1.165, 1.54) is 25.5 Å². The maximum atomic E-state index is 13.3. The smallest absolute Gasteiger partial charge is 0.264 e. The van der Waals surface area contributed by atoms with Crippen molar-refractivity contribution in [2.75, 3.05) is 31.2 Å². The number of sulfonamides is 1. The Morgan fingerprint density at radius 1 is 1.03 bits per heavy atom. The maximum absolute atomic E-state index is 13.3. The normalized spacial score (nSPS) is 12.9. The van der Waals surface area contributed by atoms with Gasteiger partial charge in [-0.3, -0.25) is 9.10 Å². The average Bonchev–Trinajstić information content (AvgIpc) is 2.88. The average molecular weight is 482 g/mol. The van der Waals surface area contributed by atoms with E-state index >= 15 is 0 Å². The molecule has 1 heterocycles. The molecule has 0 aliphatic carbocycles. The highest BCUT2D eigenvalue weighted by atomic mass is 32.2. The summed E-state index contributed by atoms with van der Waals surface area (Å²) in [7, 11) is -2.50. The molecule has 0 radical (unpaired) electrons. The number of anilines is 1. The van der Waals surface area contributed by atoms with Crippen LogP contribution in [-0.4, -0.2) is 47.4 Å². The number of rotatable bonds is 8. The molecule has 0 saturated heterocycles. The second-order valence-electron chi connectivity index (χ2n) is 7.19. The molecule has 1 aliphatic heterocycles. The molecule has 3 aromatic carbocycles. The van der Waals surface area contributed by atoms with Gasteiger partial charge >= 0.3 is 0 Å². The molecule has 1 amide bonds. The van der Waals surface area contributed by atoms with E-state index < -0.39 is 22.5 Å². The molecule has 3 aromatic rings. The Balaban J connectivity index is 1.54. The lowest BCUT2D eigenvalue weighted by Gasteiger charge is -2.23. The second-order valence-corrected chi connectivity index (χ2v) is 9.05. The van der Waals surface area contributed by atoms with Crippen molar-refractivity contribution in [2.45, 2.75) is 4.90 Å². The number of hydrogen-bond donors (Lipinski definition) is 1. The van der Waals surface area contributed by atoms with Crippen molar-refractivity contribution in [3.05, 3.63) is 78.4 Å². The molecule has 4 rings (SSSR count). The van der Waals surface area contributed by atoms with Gasteiger partial charge in [-0.15, -0.1) is 0 Å². The Labute approximate surface area is 197 Å². The van der Waals surface area contributed by atoms with Crippen LogP contribution >= 0.6 is 0 Å². The lowest BCUT2D eigenvalue weighted by molar-refractivity contribution is -0.119. The minimum atomic E-state index is -4.01. The van der Waals surface area contributed by atoms with E-state index in [-0.39, 0.29) is 4.90 Å². The fourth-order valence-electron chi connectivity index (χ4n) is 3.32. The van der Waals surface area contributed by atoms with Gasteiger partial charge in [0.15, 0.2) is 11.5 Å². The first kappa shape index (κ1) is 23.1. The van der Waals surface area contributed by atoms with Crippen LogP contribution in [-0.2, 0) is 14.8 Å². The number of para-hydroxylation sites is 1. The summed E-state index contributed by atoms with van der Waals surface area (Å²) in [5.41, 5.74) is 3.33. The van der Waals surface area contributed by atoms with Gasteiger partial charge in [0.25, 0.3) is 15.9 Å². The highest BCUT2D eigenvalue weighted by Crippen LogP contribution is 2.32. The fourth-order valence-corrected chi connectivity index (χ4v) is 4.76. The Morgan fingerprint density at radius 3 is 2.50 bits per heavy atom. The van der Waals surface area contributed by atoms with Crippen LogP contribution in [0.2, 0.25) is 0 Å². The van der Waals surface area contributed by atoms with Gasteiger partial charge in [0.1, 0.15) is 25.5 Å². The van der Waals surface area contributed by atoms with E-state index in [2.05, 4.69) is 10.5 Å². The summed E-state index contributed by atoms with van der Waals surface area (Å²) in [4.78, 5) is 12.8. The first-order valence-electron chi connectivity index (χ1n) is 10.4. The third-order valence-corrected chi connectivity index (χ3v) is 6.76. The molecule has 9 nitrogen and oxygen atoms in total. The molecule has 0 spiro atoms. The number of methoxy groups -OCH3 is 1. The van der Waals surface area contributed by atoms with Gasteiger partial charge in [0.05, 0.1) is 23.9 Å². The topological polar surface area (TPSA) is 107 Å². The number of nitrogens with one attached hydrogen (secondary N) is 1. The highest BCUT2D eigenvalue weighted by Gasteiger charge is 2.27. The minimum Gasteiger partial charge on any atom is -0.497 e. The molecule has 0 atom stereocenters. The number of hydrazone groups is 1. The summed E-state index contributed by atoms with van der Waals surface area (Å²) in [6, 6.07) is 19.6. The van der Waals surface area contributed by atoms with E-state index in [1.54, 1.807) is 60.7 Å². The Kier molecular flexibility index (Phi) is 6.98. The SMILES string of the molecule is COc1ccc(N(CC(=O)N/N=C\c2cccc3c2OCCO3)S(=O)(=O)c2ccccc2)cc1. The van der Waals surface area contributed by atoms with Crippen molar-refractivity contribution in [3.8, 4) is 17.2 Å². The number of carbonyl (C=O) groups is 1. The van der Waals surface area contributed by atoms with Gasteiger partial charge in [0, 0.05) is 5.56 Å². The van der Waals surface area contributed by atoms with E-state index in [4.69, 9.17) is 14.2 Å². The fraction of sp³-hybridized carbons (Fsp3) is 0.167. The predicted molar refractivity (Wildman–Crippen MR) is 127 cm³/mol. The van der Waals surface area contributed by atoms with Crippen LogP contribution in [0, 0.1) is 0 Å². The zero-order valence-electron chi connectivity index (χ0n) is 18.4. The van der Waals surface area contributed by atoms with Crippen LogP contribution in [0.3, 0.4) is 0 Å². The number of hydrogen-bond acceptors (Lipinski definition) is 7. The molecule has 0 fully saturated rings. The van der Waals surface area contributed by atoms with Crippen molar-refractivity contribution >= 4 is 27.8 Å². The standard InChI is InChI=1S/C24H23N3O6S/c1-31-20-12-10-19(11-13-20)27(34(29,30)21-7-3-2-4-8-21)17-23(28)26-25-16-18-6-5-9-22-24(18)33-15-14-32-22/h2-13,16H,14-15,17H2,1H3,(H,26,28)/b25-16-. The number of nitrogens with zero attached hydrogens (tertiary/aromatic N) is 2. The zero-order valence-corrected chi connectivity index (χ0v) is 19.2. The van der Waals surface area contributed by atoms with Crippen molar-refractivity contribution < 1.29 is 27.4 Å². The van der Waals surface area contributed by atoms with Gasteiger partial charge in [-0.05, 0) is 48.5 Å². The molecule has 1 N–H and O–H groups in total. The molecule has 0 aromatic heterocycles. The number of fused-ring (bicyclic) bond motifs is 1. The first-order chi connectivity index (χ1) is 16.5. The molecule has 0 bridgehead atoms. The second kappa shape index (κ2) is 10.3. The van der Waals surface area contributed by atoms with E-state index in [1.807, 2.05) is 0 Å². The summed E-state index contributed by atoms with van der Waals surface area (Å²) in [5.74, 6) is 1.08. The van der Waals surface area contributed by atoms with Crippen molar-refractivity contribution in [3.63, 3.8) is 0 Å². The Hall–Kier alpha value is -4.05. The Bertz CT molecular complexity index is 1280. The summed E-state index contributed by atoms with van der Waals surface area (Å²) >= 11 is 0. The van der Waals surface area contributed by atoms with Crippen LogP contribution in [0.5, 0.6) is 17.2 Å². The lowest BCUT2D eigenvalue weighted by Crippen LogP contribution is -2.39. The maximum Gasteiger partial charge on any atom is 0.264 e. The van der Waals surface area contributed by atoms with Crippen LogP contribution in [0.25, 0.3) is 0 Å². The highest BCUT2D eigenvalue weighted by molar-refractivity contribution is 7.92. The number of amides is 1. The summed E-state index contributed by atoms with van der Waals surface area (Å²) in [5, 5.41) is 3.98. The van der Waals surface area contributed by atoms with E-state index in [0.717, 1.165) is 4.31 Å². The quantitative estimate of drug-likeness (QED) is 0.392. The van der Waals surface area contributed by atoms with Crippen LogP contribution < -0.4 is 23.9 Å². The van der Waals surface area contributed by atoms with Crippen molar-refractivity contribution in [2.24, 2.45) is 5.10 Å². The minimum absolute atomic E-state index is 0.0650. The predicted octanol–water partition coefficient (Wildman–Crippen LogP) is 2.81. The lowest BCUT2D eigenvalue weighted by atomic mass is 10.2. The molecule has 0 saturated carbocycles. The zero-order chi connectivity index (χ0) is 24.0. The molecule has 34 heavy (non-hydrogen) atoms. The monoisotopic (exact) mass is 481 g/mol. The van der Waals surface area contributed by atoms with Crippen LogP contribution in [0.4, 0.5) is 5.69 Å². The molecule has 176 valence electrons. The Morgan fingerprint density at radius 2 is 1.76 bits per heavy atom. The van der Waals surface area contributed by atoms with Crippen LogP contribution in [0.15, 0.2) is 82.8 Å². The van der Waals surface area contributed by atoms with Crippen molar-refractivity contribution in [1.82, 2.24) is 5.43 Å². The van der Waals surface area contributed by atoms with Gasteiger partial charge in [-0.2, -0.15) is 5.10 Å². The third kappa shape index (κ3) is 5.12.